The normalized spacial score (nSPS) is 11.0. The highest BCUT2D eigenvalue weighted by atomic mass is 32.2. The van der Waals surface area contributed by atoms with Crippen LogP contribution in [-0.2, 0) is 4.79 Å². The number of amides is 1. The molecule has 0 spiro atoms. The predicted molar refractivity (Wildman–Crippen MR) is 108 cm³/mol. The lowest BCUT2D eigenvalue weighted by Gasteiger charge is -2.11. The second-order valence-electron chi connectivity index (χ2n) is 6.01. The minimum Gasteiger partial charge on any atom is -0.497 e. The molecule has 0 radical (unpaired) electrons. The number of hydrogen-bond acceptors (Lipinski definition) is 7. The molecule has 0 aliphatic heterocycles. The largest absolute Gasteiger partial charge is 0.497 e. The summed E-state index contributed by atoms with van der Waals surface area (Å²) >= 11 is 1.14. The number of ether oxygens (including phenoxy) is 2. The van der Waals surface area contributed by atoms with E-state index in [9.17, 15) is 9.18 Å². The van der Waals surface area contributed by atoms with Gasteiger partial charge in [-0.15, -0.1) is 10.2 Å². The van der Waals surface area contributed by atoms with E-state index >= 15 is 0 Å². The molecule has 4 aromatic rings. The standard InChI is InChI=1S/C19H16FN5O3S/c1-27-11-4-6-14(15(8-11)28-2)21-16(26)9-29-19-23-18-17(24-25-19)12-7-10(20)3-5-13(12)22-18/h3-8H,9H2,1-2H3,(H,21,26)(H,22,23,25). The SMILES string of the molecule is COc1ccc(NC(=O)CSc2nnc3c(n2)[nH]c2ccc(F)cc23)c(OC)c1. The molecule has 0 aliphatic rings. The van der Waals surface area contributed by atoms with Crippen molar-refractivity contribution < 1.29 is 18.7 Å². The highest BCUT2D eigenvalue weighted by Gasteiger charge is 2.13. The number of nitrogens with one attached hydrogen (secondary N) is 2. The van der Waals surface area contributed by atoms with Crippen molar-refractivity contribution in [3.05, 3.63) is 42.2 Å². The Hall–Kier alpha value is -3.40. The number of methoxy groups -OCH3 is 2. The first-order valence-electron chi connectivity index (χ1n) is 8.53. The van der Waals surface area contributed by atoms with Gasteiger partial charge in [0, 0.05) is 17.0 Å². The molecule has 0 unspecified atom stereocenters. The summed E-state index contributed by atoms with van der Waals surface area (Å²) in [4.78, 5) is 19.8. The van der Waals surface area contributed by atoms with E-state index in [4.69, 9.17) is 9.47 Å². The Kier molecular flexibility index (Phi) is 5.17. The molecule has 2 aromatic carbocycles. The maximum absolute atomic E-state index is 13.5. The molecular weight excluding hydrogens is 397 g/mol. The molecule has 1 amide bonds. The van der Waals surface area contributed by atoms with Crippen molar-refractivity contribution in [2.45, 2.75) is 5.16 Å². The third kappa shape index (κ3) is 3.92. The quantitative estimate of drug-likeness (QED) is 0.467. The number of carbonyl (C=O) groups excluding carboxylic acids is 1. The van der Waals surface area contributed by atoms with Crippen LogP contribution in [0.5, 0.6) is 11.5 Å². The molecule has 8 nitrogen and oxygen atoms in total. The van der Waals surface area contributed by atoms with Crippen molar-refractivity contribution in [2.24, 2.45) is 0 Å². The average molecular weight is 413 g/mol. The van der Waals surface area contributed by atoms with Gasteiger partial charge in [0.15, 0.2) is 5.65 Å². The average Bonchev–Trinajstić information content (AvgIpc) is 3.09. The number of anilines is 1. The molecule has 0 atom stereocenters. The molecule has 29 heavy (non-hydrogen) atoms. The minimum absolute atomic E-state index is 0.0806. The summed E-state index contributed by atoms with van der Waals surface area (Å²) in [6.45, 7) is 0. The van der Waals surface area contributed by atoms with Crippen LogP contribution in [0.15, 0.2) is 41.6 Å². The molecule has 4 rings (SSSR count). The van der Waals surface area contributed by atoms with Crippen molar-refractivity contribution in [3.8, 4) is 11.5 Å². The number of nitrogens with zero attached hydrogens (tertiary/aromatic N) is 3. The lowest BCUT2D eigenvalue weighted by molar-refractivity contribution is -0.113. The van der Waals surface area contributed by atoms with Gasteiger partial charge in [-0.25, -0.2) is 9.37 Å². The van der Waals surface area contributed by atoms with Crippen molar-refractivity contribution in [3.63, 3.8) is 0 Å². The zero-order valence-corrected chi connectivity index (χ0v) is 16.3. The number of rotatable bonds is 6. The van der Waals surface area contributed by atoms with Crippen LogP contribution in [0.1, 0.15) is 0 Å². The van der Waals surface area contributed by atoms with Crippen molar-refractivity contribution in [1.82, 2.24) is 20.2 Å². The fourth-order valence-corrected chi connectivity index (χ4v) is 3.39. The Morgan fingerprint density at radius 2 is 2.03 bits per heavy atom. The summed E-state index contributed by atoms with van der Waals surface area (Å²) in [7, 11) is 3.07. The fourth-order valence-electron chi connectivity index (χ4n) is 2.81. The topological polar surface area (TPSA) is 102 Å². The second-order valence-corrected chi connectivity index (χ2v) is 6.95. The molecule has 10 heteroatoms. The van der Waals surface area contributed by atoms with Gasteiger partial charge in [-0.1, -0.05) is 11.8 Å². The highest BCUT2D eigenvalue weighted by molar-refractivity contribution is 7.99. The van der Waals surface area contributed by atoms with E-state index in [1.165, 1.54) is 19.2 Å². The zero-order chi connectivity index (χ0) is 20.4. The predicted octanol–water partition coefficient (Wildman–Crippen LogP) is 3.39. The Labute approximate surface area is 168 Å². The van der Waals surface area contributed by atoms with Gasteiger partial charge in [0.1, 0.15) is 22.8 Å². The third-order valence-corrected chi connectivity index (χ3v) is 5.01. The maximum Gasteiger partial charge on any atom is 0.234 e. The first-order chi connectivity index (χ1) is 14.1. The molecule has 2 heterocycles. The van der Waals surface area contributed by atoms with Crippen LogP contribution >= 0.6 is 11.8 Å². The molecule has 2 aromatic heterocycles. The molecule has 0 fully saturated rings. The molecule has 0 bridgehead atoms. The summed E-state index contributed by atoms with van der Waals surface area (Å²) in [5, 5.41) is 11.9. The fraction of sp³-hybridized carbons (Fsp3) is 0.158. The number of benzene rings is 2. The Balaban J connectivity index is 1.46. The number of halogens is 1. The first-order valence-corrected chi connectivity index (χ1v) is 9.52. The van der Waals surface area contributed by atoms with Crippen LogP contribution in [0, 0.1) is 5.82 Å². The summed E-state index contributed by atoms with van der Waals surface area (Å²) in [6.07, 6.45) is 0. The van der Waals surface area contributed by atoms with Crippen LogP contribution in [-0.4, -0.2) is 46.0 Å². The second kappa shape index (κ2) is 7.92. The van der Waals surface area contributed by atoms with Gasteiger partial charge in [-0.05, 0) is 30.3 Å². The van der Waals surface area contributed by atoms with Crippen LogP contribution in [0.4, 0.5) is 10.1 Å². The monoisotopic (exact) mass is 413 g/mol. The summed E-state index contributed by atoms with van der Waals surface area (Å²) in [5.41, 5.74) is 2.22. The van der Waals surface area contributed by atoms with Gasteiger partial charge >= 0.3 is 0 Å². The molecule has 148 valence electrons. The van der Waals surface area contributed by atoms with Crippen LogP contribution in [0.25, 0.3) is 22.1 Å². The molecule has 0 aliphatic carbocycles. The summed E-state index contributed by atoms with van der Waals surface area (Å²) in [5.74, 6) is 0.592. The number of fused-ring (bicyclic) bond motifs is 3. The Bertz CT molecular complexity index is 1210. The molecule has 0 saturated heterocycles. The third-order valence-electron chi connectivity index (χ3n) is 4.17. The van der Waals surface area contributed by atoms with E-state index in [-0.39, 0.29) is 17.5 Å². The summed E-state index contributed by atoms with van der Waals surface area (Å²) in [6, 6.07) is 9.48. The van der Waals surface area contributed by atoms with E-state index in [0.29, 0.717) is 38.9 Å². The Morgan fingerprint density at radius 1 is 1.17 bits per heavy atom. The van der Waals surface area contributed by atoms with E-state index in [1.54, 1.807) is 31.4 Å². The van der Waals surface area contributed by atoms with Crippen molar-refractivity contribution in [1.29, 1.82) is 0 Å². The molecule has 0 saturated carbocycles. The van der Waals surface area contributed by atoms with Gasteiger partial charge in [0.05, 0.1) is 25.7 Å². The van der Waals surface area contributed by atoms with Crippen molar-refractivity contribution >= 4 is 45.4 Å². The van der Waals surface area contributed by atoms with Gasteiger partial charge in [0.2, 0.25) is 11.1 Å². The van der Waals surface area contributed by atoms with E-state index in [1.807, 2.05) is 0 Å². The minimum atomic E-state index is -0.357. The van der Waals surface area contributed by atoms with Gasteiger partial charge < -0.3 is 19.8 Å². The highest BCUT2D eigenvalue weighted by Crippen LogP contribution is 2.29. The lowest BCUT2D eigenvalue weighted by Crippen LogP contribution is -2.15. The number of aromatic amines is 1. The Morgan fingerprint density at radius 3 is 2.83 bits per heavy atom. The maximum atomic E-state index is 13.5. The van der Waals surface area contributed by atoms with E-state index < -0.39 is 0 Å². The number of carbonyl (C=O) groups is 1. The smallest absolute Gasteiger partial charge is 0.234 e. The van der Waals surface area contributed by atoms with Crippen LogP contribution in [0.2, 0.25) is 0 Å². The van der Waals surface area contributed by atoms with E-state index in [0.717, 1.165) is 17.3 Å². The molecule has 2 N–H and O–H groups in total. The van der Waals surface area contributed by atoms with Crippen LogP contribution < -0.4 is 14.8 Å². The number of aromatic nitrogens is 4. The zero-order valence-electron chi connectivity index (χ0n) is 15.5. The summed E-state index contributed by atoms with van der Waals surface area (Å²) < 4.78 is 23.9. The number of H-pyrrole nitrogens is 1. The first kappa shape index (κ1) is 18.9. The molecular formula is C19H16FN5O3S. The van der Waals surface area contributed by atoms with E-state index in [2.05, 4.69) is 25.5 Å². The van der Waals surface area contributed by atoms with Crippen molar-refractivity contribution in [2.75, 3.05) is 25.3 Å². The van der Waals surface area contributed by atoms with Gasteiger partial charge in [-0.2, -0.15) is 0 Å². The van der Waals surface area contributed by atoms with Crippen LogP contribution in [0.3, 0.4) is 0 Å². The van der Waals surface area contributed by atoms with Gasteiger partial charge in [0.25, 0.3) is 0 Å². The van der Waals surface area contributed by atoms with Gasteiger partial charge in [-0.3, -0.25) is 4.79 Å². The lowest BCUT2D eigenvalue weighted by atomic mass is 10.2. The number of thioether (sulfide) groups is 1. The number of hydrogen-bond donors (Lipinski definition) is 2.